The molecule has 0 atom stereocenters. The molecule has 0 saturated heterocycles. The zero-order valence-corrected chi connectivity index (χ0v) is 11.0. The number of carbonyl (C=O) groups is 2. The standard InChI is InChI=1S/C14H13F2NO4/c15-10-2-1-9(7-11(10)16)14(8-17,5-3-12(18)19)6-4-13(20)21/h1-2,7H,3-6H2,(H,18,19)(H,20,21). The Labute approximate surface area is 119 Å². The molecule has 0 saturated carbocycles. The van der Waals surface area contributed by atoms with Gasteiger partial charge in [-0.2, -0.15) is 5.26 Å². The molecule has 0 aliphatic rings. The van der Waals surface area contributed by atoms with Crippen molar-refractivity contribution in [3.05, 3.63) is 35.4 Å². The van der Waals surface area contributed by atoms with Gasteiger partial charge >= 0.3 is 11.9 Å². The molecule has 0 spiro atoms. The third-order valence-corrected chi connectivity index (χ3v) is 3.22. The van der Waals surface area contributed by atoms with Crippen molar-refractivity contribution in [3.8, 4) is 6.07 Å². The Balaban J connectivity index is 3.19. The summed E-state index contributed by atoms with van der Waals surface area (Å²) in [5.41, 5.74) is -1.41. The Hall–Kier alpha value is -2.49. The minimum atomic E-state index is -1.48. The molecule has 0 aliphatic heterocycles. The van der Waals surface area contributed by atoms with Crippen LogP contribution in [0.1, 0.15) is 31.2 Å². The maximum Gasteiger partial charge on any atom is 0.303 e. The molecule has 7 heteroatoms. The van der Waals surface area contributed by atoms with E-state index in [1.165, 1.54) is 6.07 Å². The zero-order chi connectivity index (χ0) is 16.0. The van der Waals surface area contributed by atoms with Crippen molar-refractivity contribution < 1.29 is 28.6 Å². The highest BCUT2D eigenvalue weighted by Crippen LogP contribution is 2.34. The Bertz CT molecular complexity index is 577. The lowest BCUT2D eigenvalue weighted by atomic mass is 9.74. The molecule has 5 nitrogen and oxygen atoms in total. The van der Waals surface area contributed by atoms with E-state index in [9.17, 15) is 23.6 Å². The van der Waals surface area contributed by atoms with Gasteiger partial charge in [0.15, 0.2) is 11.6 Å². The largest absolute Gasteiger partial charge is 0.481 e. The van der Waals surface area contributed by atoms with E-state index in [1.807, 2.05) is 6.07 Å². The van der Waals surface area contributed by atoms with E-state index in [1.54, 1.807) is 0 Å². The first-order chi connectivity index (χ1) is 9.80. The molecule has 0 unspecified atom stereocenters. The normalized spacial score (nSPS) is 10.9. The van der Waals surface area contributed by atoms with Gasteiger partial charge in [0.1, 0.15) is 0 Å². The summed E-state index contributed by atoms with van der Waals surface area (Å²) >= 11 is 0. The number of hydrogen-bond donors (Lipinski definition) is 2. The van der Waals surface area contributed by atoms with Gasteiger partial charge in [-0.25, -0.2) is 8.78 Å². The topological polar surface area (TPSA) is 98.4 Å². The fourth-order valence-corrected chi connectivity index (χ4v) is 2.02. The average molecular weight is 297 g/mol. The maximum absolute atomic E-state index is 13.3. The van der Waals surface area contributed by atoms with Crippen LogP contribution in [0.25, 0.3) is 0 Å². The smallest absolute Gasteiger partial charge is 0.303 e. The van der Waals surface area contributed by atoms with Gasteiger partial charge in [-0.15, -0.1) is 0 Å². The third-order valence-electron chi connectivity index (χ3n) is 3.22. The second-order valence-corrected chi connectivity index (χ2v) is 4.61. The van der Waals surface area contributed by atoms with Gasteiger partial charge in [-0.05, 0) is 30.5 Å². The summed E-state index contributed by atoms with van der Waals surface area (Å²) in [7, 11) is 0. The highest BCUT2D eigenvalue weighted by molar-refractivity contribution is 5.68. The first-order valence-electron chi connectivity index (χ1n) is 6.11. The fraction of sp³-hybridized carbons (Fsp3) is 0.357. The van der Waals surface area contributed by atoms with Gasteiger partial charge in [0.2, 0.25) is 0 Å². The minimum Gasteiger partial charge on any atom is -0.481 e. The highest BCUT2D eigenvalue weighted by atomic mass is 19.2. The maximum atomic E-state index is 13.3. The molecule has 0 radical (unpaired) electrons. The van der Waals surface area contributed by atoms with Crippen molar-refractivity contribution >= 4 is 11.9 Å². The van der Waals surface area contributed by atoms with Crippen molar-refractivity contribution in [2.45, 2.75) is 31.1 Å². The van der Waals surface area contributed by atoms with Crippen LogP contribution in [-0.2, 0) is 15.0 Å². The molecular weight excluding hydrogens is 284 g/mol. The van der Waals surface area contributed by atoms with Crippen LogP contribution in [0.2, 0.25) is 0 Å². The molecule has 1 aromatic carbocycles. The number of nitriles is 1. The number of carboxylic acids is 2. The first-order valence-corrected chi connectivity index (χ1v) is 6.11. The fourth-order valence-electron chi connectivity index (χ4n) is 2.02. The van der Waals surface area contributed by atoms with Crippen LogP contribution in [0.3, 0.4) is 0 Å². The summed E-state index contributed by atoms with van der Waals surface area (Å²) < 4.78 is 26.3. The number of rotatable bonds is 7. The number of carboxylic acid groups (broad SMARTS) is 2. The minimum absolute atomic E-state index is 0.0754. The summed E-state index contributed by atoms with van der Waals surface area (Å²) in [6.45, 7) is 0. The Morgan fingerprint density at radius 2 is 1.62 bits per heavy atom. The van der Waals surface area contributed by atoms with Crippen LogP contribution in [0.5, 0.6) is 0 Å². The molecule has 2 N–H and O–H groups in total. The van der Waals surface area contributed by atoms with Gasteiger partial charge in [0, 0.05) is 12.8 Å². The van der Waals surface area contributed by atoms with Crippen LogP contribution in [-0.4, -0.2) is 22.2 Å². The highest BCUT2D eigenvalue weighted by Gasteiger charge is 2.34. The van der Waals surface area contributed by atoms with Crippen LogP contribution >= 0.6 is 0 Å². The van der Waals surface area contributed by atoms with Crippen molar-refractivity contribution in [2.75, 3.05) is 0 Å². The average Bonchev–Trinajstić information content (AvgIpc) is 2.42. The summed E-state index contributed by atoms with van der Waals surface area (Å²) in [5.74, 6) is -4.58. The molecule has 1 rings (SSSR count). The Morgan fingerprint density at radius 1 is 1.10 bits per heavy atom. The van der Waals surface area contributed by atoms with Crippen molar-refractivity contribution in [2.24, 2.45) is 0 Å². The monoisotopic (exact) mass is 297 g/mol. The second kappa shape index (κ2) is 6.79. The molecule has 0 fully saturated rings. The lowest BCUT2D eigenvalue weighted by molar-refractivity contribution is -0.137. The zero-order valence-electron chi connectivity index (χ0n) is 11.0. The van der Waals surface area contributed by atoms with Crippen LogP contribution in [0.4, 0.5) is 8.78 Å². The van der Waals surface area contributed by atoms with E-state index >= 15 is 0 Å². The van der Waals surface area contributed by atoms with Crippen molar-refractivity contribution in [1.82, 2.24) is 0 Å². The SMILES string of the molecule is N#CC(CCC(=O)O)(CCC(=O)O)c1ccc(F)c(F)c1. The Morgan fingerprint density at radius 3 is 2.00 bits per heavy atom. The molecule has 0 aliphatic carbocycles. The quantitative estimate of drug-likeness (QED) is 0.805. The van der Waals surface area contributed by atoms with Crippen LogP contribution in [0.15, 0.2) is 18.2 Å². The second-order valence-electron chi connectivity index (χ2n) is 4.61. The first kappa shape index (κ1) is 16.6. The number of benzene rings is 1. The molecule has 0 bridgehead atoms. The van der Waals surface area contributed by atoms with Crippen LogP contribution < -0.4 is 0 Å². The molecule has 112 valence electrons. The summed E-state index contributed by atoms with van der Waals surface area (Å²) in [4.78, 5) is 21.4. The van der Waals surface area contributed by atoms with Crippen molar-refractivity contribution in [3.63, 3.8) is 0 Å². The summed E-state index contributed by atoms with van der Waals surface area (Å²) in [5, 5.41) is 26.8. The number of halogens is 2. The van der Waals surface area contributed by atoms with E-state index in [-0.39, 0.29) is 31.2 Å². The van der Waals surface area contributed by atoms with E-state index < -0.39 is 29.0 Å². The van der Waals surface area contributed by atoms with Gasteiger partial charge in [0.25, 0.3) is 0 Å². The molecule has 0 aromatic heterocycles. The van der Waals surface area contributed by atoms with Gasteiger partial charge in [-0.1, -0.05) is 6.07 Å². The summed E-state index contributed by atoms with van der Waals surface area (Å²) in [6.07, 6.45) is -1.13. The molecule has 21 heavy (non-hydrogen) atoms. The van der Waals surface area contributed by atoms with Gasteiger partial charge in [0.05, 0.1) is 11.5 Å². The Kier molecular flexibility index (Phi) is 5.36. The predicted octanol–water partition coefficient (Wildman–Crippen LogP) is 2.46. The number of nitrogens with zero attached hydrogens (tertiary/aromatic N) is 1. The number of aliphatic carboxylic acids is 2. The van der Waals surface area contributed by atoms with E-state index in [0.717, 1.165) is 12.1 Å². The summed E-state index contributed by atoms with van der Waals surface area (Å²) in [6, 6.07) is 4.68. The van der Waals surface area contributed by atoms with E-state index in [4.69, 9.17) is 10.2 Å². The number of hydrogen-bond acceptors (Lipinski definition) is 3. The van der Waals surface area contributed by atoms with Gasteiger partial charge in [-0.3, -0.25) is 9.59 Å². The van der Waals surface area contributed by atoms with Crippen molar-refractivity contribution in [1.29, 1.82) is 5.26 Å². The van der Waals surface area contributed by atoms with Crippen LogP contribution in [0, 0.1) is 23.0 Å². The predicted molar refractivity (Wildman–Crippen MR) is 67.4 cm³/mol. The molecule has 0 heterocycles. The third kappa shape index (κ3) is 4.24. The van der Waals surface area contributed by atoms with E-state index in [2.05, 4.69) is 0 Å². The molecule has 1 aromatic rings. The van der Waals surface area contributed by atoms with E-state index in [0.29, 0.717) is 0 Å². The van der Waals surface area contributed by atoms with Gasteiger partial charge < -0.3 is 10.2 Å². The molecular formula is C14H13F2NO4. The lowest BCUT2D eigenvalue weighted by Gasteiger charge is -2.26. The molecule has 0 amide bonds. The lowest BCUT2D eigenvalue weighted by Crippen LogP contribution is -2.27.